The molecule has 0 amide bonds. The van der Waals surface area contributed by atoms with Crippen LogP contribution in [-0.4, -0.2) is 15.0 Å². The molecule has 0 aliphatic heterocycles. The Morgan fingerprint density at radius 3 is 1.70 bits per heavy atom. The van der Waals surface area contributed by atoms with Crippen molar-refractivity contribution < 1.29 is 0 Å². The van der Waals surface area contributed by atoms with E-state index in [2.05, 4.69) is 152 Å². The summed E-state index contributed by atoms with van der Waals surface area (Å²) in [6.07, 6.45) is 0. The average molecular weight is 618 g/mol. The van der Waals surface area contributed by atoms with E-state index >= 15 is 0 Å². The molecular formula is C43H27N3S. The molecule has 0 spiro atoms. The Hall–Kier alpha value is -5.97. The standard InChI is InChI=1S/C43H27N3S/c1-3-12-28(13-4-1)29-22-24-31(25-23-29)38-27-37(30-14-5-2-6-15-30)45-43(46-38)33-17-11-16-32(26-33)40-34-18-7-9-20-36(34)44-41-35-19-8-10-21-39(35)47-42(40)41/h1-27H. The van der Waals surface area contributed by atoms with Crippen molar-refractivity contribution in [1.29, 1.82) is 0 Å². The van der Waals surface area contributed by atoms with E-state index in [9.17, 15) is 0 Å². The molecule has 0 saturated carbocycles. The van der Waals surface area contributed by atoms with Crippen molar-refractivity contribution in [3.63, 3.8) is 0 Å². The van der Waals surface area contributed by atoms with Crippen LogP contribution in [-0.2, 0) is 0 Å². The number of pyridine rings is 1. The Morgan fingerprint density at radius 2 is 0.936 bits per heavy atom. The van der Waals surface area contributed by atoms with Gasteiger partial charge in [0.2, 0.25) is 0 Å². The average Bonchev–Trinajstić information content (AvgIpc) is 3.52. The molecule has 47 heavy (non-hydrogen) atoms. The monoisotopic (exact) mass is 617 g/mol. The molecule has 0 atom stereocenters. The second kappa shape index (κ2) is 11.4. The first-order valence-corrected chi connectivity index (χ1v) is 16.5. The lowest BCUT2D eigenvalue weighted by Gasteiger charge is -2.12. The lowest BCUT2D eigenvalue weighted by Crippen LogP contribution is -1.96. The fraction of sp³-hybridized carbons (Fsp3) is 0. The second-order valence-electron chi connectivity index (χ2n) is 11.6. The van der Waals surface area contributed by atoms with Crippen LogP contribution in [0.2, 0.25) is 0 Å². The van der Waals surface area contributed by atoms with Gasteiger partial charge in [-0.05, 0) is 41.0 Å². The summed E-state index contributed by atoms with van der Waals surface area (Å²) >= 11 is 1.80. The molecule has 4 heteroatoms. The highest BCUT2D eigenvalue weighted by Gasteiger charge is 2.17. The summed E-state index contributed by atoms with van der Waals surface area (Å²) in [4.78, 5) is 15.4. The summed E-state index contributed by atoms with van der Waals surface area (Å²) in [7, 11) is 0. The Bertz CT molecular complexity index is 2550. The van der Waals surface area contributed by atoms with Crippen LogP contribution in [0.4, 0.5) is 0 Å². The van der Waals surface area contributed by atoms with Crippen molar-refractivity contribution in [2.24, 2.45) is 0 Å². The Balaban J connectivity index is 1.22. The van der Waals surface area contributed by atoms with E-state index in [4.69, 9.17) is 15.0 Å². The number of thiophene rings is 1. The van der Waals surface area contributed by atoms with Crippen LogP contribution >= 0.6 is 11.3 Å². The number of nitrogens with zero attached hydrogens (tertiary/aromatic N) is 3. The van der Waals surface area contributed by atoms with Crippen LogP contribution in [0.25, 0.3) is 87.4 Å². The molecule has 220 valence electrons. The van der Waals surface area contributed by atoms with Gasteiger partial charge in [-0.3, -0.25) is 0 Å². The SMILES string of the molecule is c1ccc(-c2ccc(-c3cc(-c4ccccc4)nc(-c4cccc(-c5c6ccccc6nc6c5sc5ccccc56)c4)n3)cc2)cc1. The first kappa shape index (κ1) is 27.3. The van der Waals surface area contributed by atoms with Gasteiger partial charge in [0.25, 0.3) is 0 Å². The van der Waals surface area contributed by atoms with Crippen LogP contribution in [0.5, 0.6) is 0 Å². The number of fused-ring (bicyclic) bond motifs is 4. The van der Waals surface area contributed by atoms with Crippen LogP contribution in [0.15, 0.2) is 164 Å². The molecule has 0 unspecified atom stereocenters. The van der Waals surface area contributed by atoms with Crippen molar-refractivity contribution >= 4 is 42.5 Å². The number of para-hydroxylation sites is 1. The molecule has 9 aromatic rings. The van der Waals surface area contributed by atoms with Gasteiger partial charge in [0.05, 0.1) is 27.1 Å². The predicted molar refractivity (Wildman–Crippen MR) is 197 cm³/mol. The first-order chi connectivity index (χ1) is 23.3. The molecule has 3 heterocycles. The molecule has 3 aromatic heterocycles. The highest BCUT2D eigenvalue weighted by Crippen LogP contribution is 2.43. The van der Waals surface area contributed by atoms with Crippen LogP contribution < -0.4 is 0 Å². The molecule has 6 aromatic carbocycles. The van der Waals surface area contributed by atoms with Gasteiger partial charge in [-0.2, -0.15) is 0 Å². The smallest absolute Gasteiger partial charge is 0.160 e. The van der Waals surface area contributed by atoms with E-state index in [1.165, 1.54) is 31.5 Å². The maximum Gasteiger partial charge on any atom is 0.160 e. The number of benzene rings is 6. The van der Waals surface area contributed by atoms with Gasteiger partial charge < -0.3 is 0 Å². The Morgan fingerprint density at radius 1 is 0.383 bits per heavy atom. The van der Waals surface area contributed by atoms with E-state index in [0.717, 1.165) is 50.1 Å². The van der Waals surface area contributed by atoms with Crippen molar-refractivity contribution in [3.8, 4) is 56.2 Å². The van der Waals surface area contributed by atoms with Gasteiger partial charge in [-0.25, -0.2) is 15.0 Å². The van der Waals surface area contributed by atoms with Gasteiger partial charge in [-0.1, -0.05) is 140 Å². The van der Waals surface area contributed by atoms with Crippen LogP contribution in [0.1, 0.15) is 0 Å². The van der Waals surface area contributed by atoms with Crippen molar-refractivity contribution in [1.82, 2.24) is 15.0 Å². The minimum atomic E-state index is 0.696. The summed E-state index contributed by atoms with van der Waals surface area (Å²) in [5.74, 6) is 0.696. The number of aromatic nitrogens is 3. The summed E-state index contributed by atoms with van der Waals surface area (Å²) < 4.78 is 2.43. The van der Waals surface area contributed by atoms with E-state index in [0.29, 0.717) is 5.82 Å². The second-order valence-corrected chi connectivity index (χ2v) is 12.7. The minimum absolute atomic E-state index is 0.696. The Kier molecular flexibility index (Phi) is 6.65. The maximum atomic E-state index is 5.18. The molecule has 0 N–H and O–H groups in total. The molecule has 0 bridgehead atoms. The van der Waals surface area contributed by atoms with Gasteiger partial charge in [-0.15, -0.1) is 11.3 Å². The fourth-order valence-corrected chi connectivity index (χ4v) is 7.61. The summed E-state index contributed by atoms with van der Waals surface area (Å²) in [6.45, 7) is 0. The molecule has 0 saturated heterocycles. The van der Waals surface area contributed by atoms with Crippen LogP contribution in [0.3, 0.4) is 0 Å². The Labute approximate surface area is 276 Å². The molecule has 0 radical (unpaired) electrons. The van der Waals surface area contributed by atoms with Crippen molar-refractivity contribution in [2.45, 2.75) is 0 Å². The van der Waals surface area contributed by atoms with E-state index in [-0.39, 0.29) is 0 Å². The molecule has 9 rings (SSSR count). The first-order valence-electron chi connectivity index (χ1n) is 15.7. The maximum absolute atomic E-state index is 5.18. The molecule has 0 aliphatic carbocycles. The molecule has 0 fully saturated rings. The summed E-state index contributed by atoms with van der Waals surface area (Å²) in [5, 5.41) is 2.33. The molecule has 0 aliphatic rings. The quantitative estimate of drug-likeness (QED) is 0.193. The van der Waals surface area contributed by atoms with Gasteiger partial charge in [0.15, 0.2) is 5.82 Å². The largest absolute Gasteiger partial charge is 0.246 e. The number of hydrogen-bond acceptors (Lipinski definition) is 4. The van der Waals surface area contributed by atoms with Crippen molar-refractivity contribution in [3.05, 3.63) is 164 Å². The lowest BCUT2D eigenvalue weighted by molar-refractivity contribution is 1.18. The summed E-state index contributed by atoms with van der Waals surface area (Å²) in [5.41, 5.74) is 11.6. The van der Waals surface area contributed by atoms with Crippen LogP contribution in [0, 0.1) is 0 Å². The van der Waals surface area contributed by atoms with E-state index < -0.39 is 0 Å². The highest BCUT2D eigenvalue weighted by atomic mass is 32.1. The molecular weight excluding hydrogens is 591 g/mol. The topological polar surface area (TPSA) is 38.7 Å². The third kappa shape index (κ3) is 4.96. The third-order valence-electron chi connectivity index (χ3n) is 8.69. The van der Waals surface area contributed by atoms with Gasteiger partial charge in [0.1, 0.15) is 0 Å². The third-order valence-corrected chi connectivity index (χ3v) is 9.87. The zero-order chi connectivity index (χ0) is 31.2. The number of hydrogen-bond donors (Lipinski definition) is 0. The minimum Gasteiger partial charge on any atom is -0.246 e. The van der Waals surface area contributed by atoms with Gasteiger partial charge >= 0.3 is 0 Å². The van der Waals surface area contributed by atoms with E-state index in [1.807, 2.05) is 12.1 Å². The highest BCUT2D eigenvalue weighted by molar-refractivity contribution is 7.26. The van der Waals surface area contributed by atoms with Crippen molar-refractivity contribution in [2.75, 3.05) is 0 Å². The summed E-state index contributed by atoms with van der Waals surface area (Å²) in [6, 6.07) is 57.2. The normalized spacial score (nSPS) is 11.4. The fourth-order valence-electron chi connectivity index (χ4n) is 6.38. The zero-order valence-electron chi connectivity index (χ0n) is 25.3. The van der Waals surface area contributed by atoms with E-state index in [1.54, 1.807) is 11.3 Å². The predicted octanol–water partition coefficient (Wildman–Crippen LogP) is 11.7. The van der Waals surface area contributed by atoms with Gasteiger partial charge in [0, 0.05) is 37.7 Å². The molecule has 3 nitrogen and oxygen atoms in total. The zero-order valence-corrected chi connectivity index (χ0v) is 26.2. The number of rotatable bonds is 5. The lowest BCUT2D eigenvalue weighted by atomic mass is 9.98.